The standard InChI is InChI=1S/C17H22N4O4.C2H4O2/c1-11-9-16(22)21-15(20-11)5-7-19-17(23)12-3-4-13(25-8-6-18)14(10-12)24-2;1-2(3)4/h3-4,9-10H,5-8,18H2,1-2H3,(H,19,23)(H,20,21,22);1H3,(H,3,4). The average Bonchev–Trinajstić information content (AvgIpc) is 2.65. The van der Waals surface area contributed by atoms with E-state index in [1.807, 2.05) is 0 Å². The fourth-order valence-electron chi connectivity index (χ4n) is 2.25. The van der Waals surface area contributed by atoms with Gasteiger partial charge in [-0.1, -0.05) is 0 Å². The van der Waals surface area contributed by atoms with E-state index in [4.69, 9.17) is 25.1 Å². The molecule has 10 heteroatoms. The van der Waals surface area contributed by atoms with Crippen molar-refractivity contribution >= 4 is 11.9 Å². The molecule has 0 unspecified atom stereocenters. The maximum absolute atomic E-state index is 12.2. The minimum Gasteiger partial charge on any atom is -0.493 e. The second kappa shape index (κ2) is 12.1. The largest absolute Gasteiger partial charge is 0.493 e. The Kier molecular flexibility index (Phi) is 9.89. The zero-order valence-corrected chi connectivity index (χ0v) is 16.7. The molecule has 5 N–H and O–H groups in total. The van der Waals surface area contributed by atoms with Crippen molar-refractivity contribution < 1.29 is 24.2 Å². The van der Waals surface area contributed by atoms with E-state index in [9.17, 15) is 9.59 Å². The molecular weight excluding hydrogens is 380 g/mol. The molecule has 29 heavy (non-hydrogen) atoms. The van der Waals surface area contributed by atoms with Gasteiger partial charge < -0.3 is 30.6 Å². The van der Waals surface area contributed by atoms with Gasteiger partial charge in [0.1, 0.15) is 12.4 Å². The van der Waals surface area contributed by atoms with Crippen LogP contribution in [0, 0.1) is 6.92 Å². The highest BCUT2D eigenvalue weighted by Crippen LogP contribution is 2.27. The second-order valence-corrected chi connectivity index (χ2v) is 5.86. The minimum atomic E-state index is -0.833. The molecule has 0 atom stereocenters. The molecule has 1 heterocycles. The van der Waals surface area contributed by atoms with Crippen LogP contribution >= 0.6 is 0 Å². The lowest BCUT2D eigenvalue weighted by Crippen LogP contribution is -2.27. The first-order chi connectivity index (χ1) is 13.8. The zero-order chi connectivity index (χ0) is 21.8. The molecule has 158 valence electrons. The van der Waals surface area contributed by atoms with Crippen LogP contribution in [0.4, 0.5) is 0 Å². The van der Waals surface area contributed by atoms with Gasteiger partial charge in [-0.3, -0.25) is 14.4 Å². The van der Waals surface area contributed by atoms with Crippen LogP contribution in [0.3, 0.4) is 0 Å². The average molecular weight is 406 g/mol. The van der Waals surface area contributed by atoms with Crippen LogP contribution in [0.1, 0.15) is 28.8 Å². The lowest BCUT2D eigenvalue weighted by atomic mass is 10.2. The molecule has 2 aromatic rings. The van der Waals surface area contributed by atoms with E-state index in [1.165, 1.54) is 13.2 Å². The maximum atomic E-state index is 12.2. The third kappa shape index (κ3) is 8.89. The number of carboxylic acid groups (broad SMARTS) is 1. The van der Waals surface area contributed by atoms with Gasteiger partial charge in [-0.25, -0.2) is 4.98 Å². The molecule has 0 aliphatic carbocycles. The number of benzene rings is 1. The highest BCUT2D eigenvalue weighted by molar-refractivity contribution is 5.94. The number of carbonyl (C=O) groups is 2. The summed E-state index contributed by atoms with van der Waals surface area (Å²) >= 11 is 0. The van der Waals surface area contributed by atoms with Crippen molar-refractivity contribution in [3.05, 3.63) is 51.7 Å². The van der Waals surface area contributed by atoms with Crippen LogP contribution in [0.2, 0.25) is 0 Å². The van der Waals surface area contributed by atoms with Crippen LogP contribution in [0.15, 0.2) is 29.1 Å². The lowest BCUT2D eigenvalue weighted by molar-refractivity contribution is -0.134. The monoisotopic (exact) mass is 406 g/mol. The quantitative estimate of drug-likeness (QED) is 0.493. The number of carbonyl (C=O) groups excluding carboxylic acids is 1. The van der Waals surface area contributed by atoms with Crippen molar-refractivity contribution in [3.8, 4) is 11.5 Å². The fraction of sp³-hybridized carbons (Fsp3) is 0.368. The van der Waals surface area contributed by atoms with E-state index in [-0.39, 0.29) is 11.5 Å². The Morgan fingerprint density at radius 2 is 1.97 bits per heavy atom. The Hall–Kier alpha value is -3.40. The summed E-state index contributed by atoms with van der Waals surface area (Å²) in [7, 11) is 1.51. The number of rotatable bonds is 8. The van der Waals surface area contributed by atoms with E-state index >= 15 is 0 Å². The summed E-state index contributed by atoms with van der Waals surface area (Å²) in [6, 6.07) is 6.34. The van der Waals surface area contributed by atoms with Crippen molar-refractivity contribution in [2.24, 2.45) is 5.73 Å². The Balaban J connectivity index is 0.000000960. The van der Waals surface area contributed by atoms with Gasteiger partial charge in [-0.05, 0) is 25.1 Å². The summed E-state index contributed by atoms with van der Waals surface area (Å²) < 4.78 is 10.7. The normalized spacial score (nSPS) is 9.79. The number of nitrogens with two attached hydrogens (primary N) is 1. The fourth-order valence-corrected chi connectivity index (χ4v) is 2.25. The number of nitrogens with one attached hydrogen (secondary N) is 2. The minimum absolute atomic E-state index is 0.202. The lowest BCUT2D eigenvalue weighted by Gasteiger charge is -2.11. The number of ether oxygens (including phenoxy) is 2. The topological polar surface area (TPSA) is 157 Å². The number of H-pyrrole nitrogens is 1. The van der Waals surface area contributed by atoms with E-state index in [0.717, 1.165) is 6.92 Å². The third-order valence-corrected chi connectivity index (χ3v) is 3.37. The summed E-state index contributed by atoms with van der Waals surface area (Å²) in [4.78, 5) is 39.5. The zero-order valence-electron chi connectivity index (χ0n) is 16.7. The Morgan fingerprint density at radius 3 is 2.55 bits per heavy atom. The Labute approximate surface area is 168 Å². The highest BCUT2D eigenvalue weighted by atomic mass is 16.5. The molecule has 0 fully saturated rings. The van der Waals surface area contributed by atoms with Gasteiger partial charge in [-0.2, -0.15) is 0 Å². The first-order valence-electron chi connectivity index (χ1n) is 8.82. The van der Waals surface area contributed by atoms with Crippen LogP contribution in [-0.4, -0.2) is 53.8 Å². The number of methoxy groups -OCH3 is 1. The predicted molar refractivity (Wildman–Crippen MR) is 106 cm³/mol. The molecule has 0 aliphatic rings. The van der Waals surface area contributed by atoms with Gasteiger partial charge in [0.2, 0.25) is 0 Å². The molecule has 0 aliphatic heterocycles. The van der Waals surface area contributed by atoms with Gasteiger partial charge in [0.15, 0.2) is 11.5 Å². The third-order valence-electron chi connectivity index (χ3n) is 3.37. The van der Waals surface area contributed by atoms with Gasteiger partial charge in [0.25, 0.3) is 17.4 Å². The molecule has 0 bridgehead atoms. The SMILES string of the molecule is CC(=O)O.COc1cc(C(=O)NCCc2nc(C)cc(=O)[nH]2)ccc1OCCN. The van der Waals surface area contributed by atoms with Crippen LogP contribution in [0.25, 0.3) is 0 Å². The van der Waals surface area contributed by atoms with Gasteiger partial charge in [0, 0.05) is 43.8 Å². The number of aryl methyl sites for hydroxylation is 1. The van der Waals surface area contributed by atoms with Gasteiger partial charge in [-0.15, -0.1) is 0 Å². The van der Waals surface area contributed by atoms with E-state index in [1.54, 1.807) is 25.1 Å². The van der Waals surface area contributed by atoms with Crippen molar-refractivity contribution in [3.63, 3.8) is 0 Å². The highest BCUT2D eigenvalue weighted by Gasteiger charge is 2.11. The van der Waals surface area contributed by atoms with Crippen molar-refractivity contribution in [1.82, 2.24) is 15.3 Å². The van der Waals surface area contributed by atoms with Gasteiger partial charge in [0.05, 0.1) is 7.11 Å². The van der Waals surface area contributed by atoms with E-state index in [0.29, 0.717) is 54.7 Å². The van der Waals surface area contributed by atoms with Crippen molar-refractivity contribution in [2.75, 3.05) is 26.8 Å². The maximum Gasteiger partial charge on any atom is 0.300 e. The number of hydrogen-bond acceptors (Lipinski definition) is 7. The molecule has 1 amide bonds. The van der Waals surface area contributed by atoms with Crippen molar-refractivity contribution in [1.29, 1.82) is 0 Å². The first kappa shape index (κ1) is 23.6. The summed E-state index contributed by atoms with van der Waals surface area (Å²) in [5.74, 6) is 0.448. The number of aliphatic carboxylic acids is 1. The molecule has 0 spiro atoms. The van der Waals surface area contributed by atoms with Crippen molar-refractivity contribution in [2.45, 2.75) is 20.3 Å². The number of aromatic amines is 1. The summed E-state index contributed by atoms with van der Waals surface area (Å²) in [5.41, 5.74) is 6.30. The molecule has 0 radical (unpaired) electrons. The first-order valence-corrected chi connectivity index (χ1v) is 8.82. The Morgan fingerprint density at radius 1 is 1.28 bits per heavy atom. The number of aromatic nitrogens is 2. The van der Waals surface area contributed by atoms with Gasteiger partial charge >= 0.3 is 0 Å². The Bertz CT molecular complexity index is 877. The summed E-state index contributed by atoms with van der Waals surface area (Å²) in [6.07, 6.45) is 0.428. The molecule has 1 aromatic heterocycles. The number of nitrogens with zero attached hydrogens (tertiary/aromatic N) is 1. The van der Waals surface area contributed by atoms with Crippen LogP contribution in [0.5, 0.6) is 11.5 Å². The van der Waals surface area contributed by atoms with Crippen LogP contribution in [-0.2, 0) is 11.2 Å². The number of hydrogen-bond donors (Lipinski definition) is 4. The second-order valence-electron chi connectivity index (χ2n) is 5.86. The predicted octanol–water partition coefficient (Wildman–Crippen LogP) is 0.488. The molecule has 10 nitrogen and oxygen atoms in total. The molecular formula is C19H26N4O6. The molecule has 0 saturated heterocycles. The summed E-state index contributed by atoms with van der Waals surface area (Å²) in [6.45, 7) is 3.93. The van der Waals surface area contributed by atoms with E-state index in [2.05, 4.69) is 15.3 Å². The number of carboxylic acids is 1. The number of amides is 1. The summed E-state index contributed by atoms with van der Waals surface area (Å²) in [5, 5.41) is 10.2. The molecule has 2 rings (SSSR count). The molecule has 0 saturated carbocycles. The van der Waals surface area contributed by atoms with Crippen LogP contribution < -0.4 is 26.1 Å². The molecule has 1 aromatic carbocycles. The smallest absolute Gasteiger partial charge is 0.300 e. The van der Waals surface area contributed by atoms with E-state index < -0.39 is 5.97 Å².